The summed E-state index contributed by atoms with van der Waals surface area (Å²) in [5, 5.41) is 0. The first-order chi connectivity index (χ1) is 9.99. The van der Waals surface area contributed by atoms with Gasteiger partial charge in [0, 0.05) is 24.0 Å². The maximum absolute atomic E-state index is 6.52. The summed E-state index contributed by atoms with van der Waals surface area (Å²) in [5.74, 6) is 2.04. The average molecular weight is 290 g/mol. The Bertz CT molecular complexity index is 418. The van der Waals surface area contributed by atoms with Gasteiger partial charge in [-0.1, -0.05) is 33.3 Å². The van der Waals surface area contributed by atoms with E-state index >= 15 is 0 Å². The molecule has 1 aliphatic rings. The minimum atomic E-state index is -0.0600. The lowest BCUT2D eigenvalue weighted by molar-refractivity contribution is -0.0885. The van der Waals surface area contributed by atoms with Gasteiger partial charge in [-0.25, -0.2) is 0 Å². The van der Waals surface area contributed by atoms with E-state index in [9.17, 15) is 0 Å². The molecule has 1 aromatic heterocycles. The topological polar surface area (TPSA) is 48.1 Å². The summed E-state index contributed by atoms with van der Waals surface area (Å²) in [6.07, 6.45) is 7.65. The molecule has 2 rings (SSSR count). The number of pyridine rings is 1. The number of hydrogen-bond donors (Lipinski definition) is 1. The smallest absolute Gasteiger partial charge is 0.0991 e. The normalized spacial score (nSPS) is 29.3. The van der Waals surface area contributed by atoms with Crippen molar-refractivity contribution in [2.45, 2.75) is 65.2 Å². The van der Waals surface area contributed by atoms with Crippen molar-refractivity contribution in [3.05, 3.63) is 30.1 Å². The van der Waals surface area contributed by atoms with E-state index in [1.807, 2.05) is 19.2 Å². The molecule has 21 heavy (non-hydrogen) atoms. The fraction of sp³-hybridized carbons (Fsp3) is 0.722. The van der Waals surface area contributed by atoms with Gasteiger partial charge in [0.2, 0.25) is 0 Å². The van der Waals surface area contributed by atoms with E-state index in [-0.39, 0.29) is 12.1 Å². The molecule has 1 saturated carbocycles. The summed E-state index contributed by atoms with van der Waals surface area (Å²) in [5.41, 5.74) is 7.28. The SMILES string of the molecule is CC1CCC(C(C)C)C(OC(c2cccnc2)C(C)N)C1. The van der Waals surface area contributed by atoms with Crippen LogP contribution in [0, 0.1) is 17.8 Å². The Balaban J connectivity index is 2.14. The minimum Gasteiger partial charge on any atom is -0.368 e. The first-order valence-corrected chi connectivity index (χ1v) is 8.30. The Hall–Kier alpha value is -0.930. The van der Waals surface area contributed by atoms with Crippen LogP contribution < -0.4 is 5.73 Å². The first kappa shape index (κ1) is 16.4. The van der Waals surface area contributed by atoms with E-state index in [2.05, 4.69) is 31.8 Å². The molecule has 1 aromatic rings. The van der Waals surface area contributed by atoms with Crippen LogP contribution in [-0.2, 0) is 4.74 Å². The second kappa shape index (κ2) is 7.37. The predicted octanol–water partition coefficient (Wildman–Crippen LogP) is 3.95. The van der Waals surface area contributed by atoms with Crippen molar-refractivity contribution in [3.8, 4) is 0 Å². The van der Waals surface area contributed by atoms with Crippen LogP contribution in [0.15, 0.2) is 24.5 Å². The third-order valence-electron chi connectivity index (χ3n) is 4.77. The lowest BCUT2D eigenvalue weighted by Gasteiger charge is -2.40. The lowest BCUT2D eigenvalue weighted by atomic mass is 9.75. The maximum atomic E-state index is 6.52. The zero-order chi connectivity index (χ0) is 15.4. The largest absolute Gasteiger partial charge is 0.368 e. The summed E-state index contributed by atoms with van der Waals surface area (Å²) in [4.78, 5) is 4.21. The molecule has 5 atom stereocenters. The van der Waals surface area contributed by atoms with Gasteiger partial charge in [0.15, 0.2) is 0 Å². The van der Waals surface area contributed by atoms with Gasteiger partial charge in [0.25, 0.3) is 0 Å². The van der Waals surface area contributed by atoms with Crippen LogP contribution in [0.2, 0.25) is 0 Å². The Morgan fingerprint density at radius 3 is 2.62 bits per heavy atom. The molecule has 0 radical (unpaired) electrons. The molecule has 0 spiro atoms. The first-order valence-electron chi connectivity index (χ1n) is 8.30. The van der Waals surface area contributed by atoms with Crippen LogP contribution in [0.3, 0.4) is 0 Å². The molecule has 1 heterocycles. The average Bonchev–Trinajstić information content (AvgIpc) is 2.45. The summed E-state index contributed by atoms with van der Waals surface area (Å²) in [7, 11) is 0. The fourth-order valence-corrected chi connectivity index (χ4v) is 3.51. The quantitative estimate of drug-likeness (QED) is 0.893. The van der Waals surface area contributed by atoms with Gasteiger partial charge >= 0.3 is 0 Å². The zero-order valence-electron chi connectivity index (χ0n) is 13.8. The molecule has 0 aliphatic heterocycles. The zero-order valence-corrected chi connectivity index (χ0v) is 13.8. The predicted molar refractivity (Wildman–Crippen MR) is 86.8 cm³/mol. The maximum Gasteiger partial charge on any atom is 0.0991 e. The van der Waals surface area contributed by atoms with Gasteiger partial charge in [-0.2, -0.15) is 0 Å². The van der Waals surface area contributed by atoms with E-state index in [1.54, 1.807) is 6.20 Å². The molecule has 1 aliphatic carbocycles. The van der Waals surface area contributed by atoms with E-state index in [0.29, 0.717) is 17.9 Å². The van der Waals surface area contributed by atoms with Crippen LogP contribution in [0.1, 0.15) is 58.6 Å². The van der Waals surface area contributed by atoms with E-state index in [0.717, 1.165) is 17.9 Å². The van der Waals surface area contributed by atoms with Gasteiger partial charge in [-0.3, -0.25) is 4.98 Å². The molecular formula is C18H30N2O. The van der Waals surface area contributed by atoms with Crippen LogP contribution >= 0.6 is 0 Å². The van der Waals surface area contributed by atoms with E-state index in [4.69, 9.17) is 10.5 Å². The number of hydrogen-bond acceptors (Lipinski definition) is 3. The van der Waals surface area contributed by atoms with E-state index in [1.165, 1.54) is 12.8 Å². The standard InChI is InChI=1S/C18H30N2O/c1-12(2)16-8-7-13(3)10-17(16)21-18(14(4)19)15-6-5-9-20-11-15/h5-6,9,11-14,16-18H,7-8,10,19H2,1-4H3. The van der Waals surface area contributed by atoms with Crippen LogP contribution in [0.25, 0.3) is 0 Å². The van der Waals surface area contributed by atoms with Crippen LogP contribution in [-0.4, -0.2) is 17.1 Å². The Morgan fingerprint density at radius 1 is 1.29 bits per heavy atom. The molecule has 118 valence electrons. The molecule has 1 fully saturated rings. The third-order valence-corrected chi connectivity index (χ3v) is 4.77. The monoisotopic (exact) mass is 290 g/mol. The summed E-state index contributed by atoms with van der Waals surface area (Å²) >= 11 is 0. The number of ether oxygens (including phenoxy) is 1. The molecule has 0 aromatic carbocycles. The number of nitrogens with zero attached hydrogens (tertiary/aromatic N) is 1. The second-order valence-corrected chi connectivity index (χ2v) is 7.07. The fourth-order valence-electron chi connectivity index (χ4n) is 3.51. The van der Waals surface area contributed by atoms with Gasteiger partial charge in [-0.05, 0) is 43.6 Å². The molecule has 3 heteroatoms. The highest BCUT2D eigenvalue weighted by Gasteiger charge is 2.34. The molecule has 0 saturated heterocycles. The van der Waals surface area contributed by atoms with Crippen molar-refractivity contribution < 1.29 is 4.74 Å². The molecule has 0 amide bonds. The van der Waals surface area contributed by atoms with E-state index < -0.39 is 0 Å². The van der Waals surface area contributed by atoms with Crippen molar-refractivity contribution >= 4 is 0 Å². The van der Waals surface area contributed by atoms with Crippen LogP contribution in [0.5, 0.6) is 0 Å². The number of nitrogens with two attached hydrogens (primary N) is 1. The second-order valence-electron chi connectivity index (χ2n) is 7.07. The molecule has 2 N–H and O–H groups in total. The molecule has 0 bridgehead atoms. The van der Waals surface area contributed by atoms with Gasteiger partial charge < -0.3 is 10.5 Å². The summed E-state index contributed by atoms with van der Waals surface area (Å²) in [6.45, 7) is 8.97. The van der Waals surface area contributed by atoms with Crippen molar-refractivity contribution in [2.24, 2.45) is 23.5 Å². The highest BCUT2D eigenvalue weighted by Crippen LogP contribution is 2.38. The summed E-state index contributed by atoms with van der Waals surface area (Å²) < 4.78 is 6.52. The van der Waals surface area contributed by atoms with Crippen molar-refractivity contribution in [2.75, 3.05) is 0 Å². The Morgan fingerprint density at radius 2 is 2.05 bits per heavy atom. The van der Waals surface area contributed by atoms with Gasteiger partial charge in [-0.15, -0.1) is 0 Å². The third kappa shape index (κ3) is 4.27. The van der Waals surface area contributed by atoms with Crippen molar-refractivity contribution in [3.63, 3.8) is 0 Å². The molecule has 5 unspecified atom stereocenters. The Labute approximate surface area is 129 Å². The van der Waals surface area contributed by atoms with Crippen molar-refractivity contribution in [1.82, 2.24) is 4.98 Å². The Kier molecular flexibility index (Phi) is 5.77. The number of rotatable bonds is 5. The minimum absolute atomic E-state index is 0.0285. The highest BCUT2D eigenvalue weighted by molar-refractivity contribution is 5.14. The van der Waals surface area contributed by atoms with Gasteiger partial charge in [0.05, 0.1) is 12.2 Å². The van der Waals surface area contributed by atoms with Crippen molar-refractivity contribution in [1.29, 1.82) is 0 Å². The highest BCUT2D eigenvalue weighted by atomic mass is 16.5. The van der Waals surface area contributed by atoms with Crippen LogP contribution in [0.4, 0.5) is 0 Å². The number of aromatic nitrogens is 1. The van der Waals surface area contributed by atoms with Gasteiger partial charge in [0.1, 0.15) is 0 Å². The lowest BCUT2D eigenvalue weighted by Crippen LogP contribution is -2.38. The molecule has 3 nitrogen and oxygen atoms in total. The summed E-state index contributed by atoms with van der Waals surface area (Å²) in [6, 6.07) is 3.99. The molecular weight excluding hydrogens is 260 g/mol.